The minimum atomic E-state index is -2.51. The molecular formula is C26H23O2P. The Balaban J connectivity index is 2.03. The molecule has 0 unspecified atom stereocenters. The van der Waals surface area contributed by atoms with Crippen molar-refractivity contribution < 1.29 is 9.90 Å². The molecule has 0 saturated heterocycles. The summed E-state index contributed by atoms with van der Waals surface area (Å²) < 4.78 is 0. The molecule has 4 rings (SSSR count). The SMILES string of the molecule is O=C(O)c1ccccc1C[PH](c1ccccc1)(c1ccccc1)c1ccccc1. The molecule has 0 bridgehead atoms. The standard InChI is InChI=1S/C26H23O2P/c27-26(28)25-19-11-10-12-21(25)20-29(22-13-4-1-5-14-22,23-15-6-2-7-16-23)24-17-8-3-9-18-24/h1-19,29H,20H2,(H,27,28). The van der Waals surface area contributed by atoms with E-state index in [1.807, 2.05) is 30.3 Å². The van der Waals surface area contributed by atoms with E-state index in [9.17, 15) is 9.90 Å². The molecule has 0 spiro atoms. The van der Waals surface area contributed by atoms with E-state index in [2.05, 4.69) is 72.8 Å². The summed E-state index contributed by atoms with van der Waals surface area (Å²) in [6.07, 6.45) is 0.688. The van der Waals surface area contributed by atoms with Crippen molar-refractivity contribution in [1.29, 1.82) is 0 Å². The predicted molar refractivity (Wildman–Crippen MR) is 124 cm³/mol. The Morgan fingerprint density at radius 2 is 0.966 bits per heavy atom. The Morgan fingerprint density at radius 3 is 1.38 bits per heavy atom. The van der Waals surface area contributed by atoms with Crippen LogP contribution in [0.2, 0.25) is 0 Å². The summed E-state index contributed by atoms with van der Waals surface area (Å²) in [7, 11) is -2.51. The monoisotopic (exact) mass is 398 g/mol. The number of rotatable bonds is 6. The molecule has 3 heteroatoms. The first-order chi connectivity index (χ1) is 14.2. The van der Waals surface area contributed by atoms with E-state index in [-0.39, 0.29) is 0 Å². The van der Waals surface area contributed by atoms with Gasteiger partial charge in [-0.25, -0.2) is 0 Å². The van der Waals surface area contributed by atoms with Crippen molar-refractivity contribution in [3.8, 4) is 0 Å². The van der Waals surface area contributed by atoms with E-state index in [4.69, 9.17) is 0 Å². The average molecular weight is 398 g/mol. The van der Waals surface area contributed by atoms with Gasteiger partial charge in [-0.1, -0.05) is 0 Å². The summed E-state index contributed by atoms with van der Waals surface area (Å²) in [6, 6.07) is 39.1. The maximum absolute atomic E-state index is 11.9. The fourth-order valence-corrected chi connectivity index (χ4v) is 8.92. The van der Waals surface area contributed by atoms with Gasteiger partial charge in [-0.05, 0) is 0 Å². The quantitative estimate of drug-likeness (QED) is 0.482. The van der Waals surface area contributed by atoms with Gasteiger partial charge < -0.3 is 0 Å². The summed E-state index contributed by atoms with van der Waals surface area (Å²) >= 11 is 0. The number of benzene rings is 4. The summed E-state index contributed by atoms with van der Waals surface area (Å²) in [5.41, 5.74) is 1.26. The predicted octanol–water partition coefficient (Wildman–Crippen LogP) is 4.61. The first-order valence-corrected chi connectivity index (χ1v) is 11.9. The molecule has 0 aliphatic heterocycles. The van der Waals surface area contributed by atoms with Gasteiger partial charge in [0.05, 0.1) is 0 Å². The molecule has 0 saturated carbocycles. The van der Waals surface area contributed by atoms with Crippen LogP contribution in [0.15, 0.2) is 115 Å². The molecule has 0 radical (unpaired) electrons. The summed E-state index contributed by atoms with van der Waals surface area (Å²) in [5, 5.41) is 13.6. The van der Waals surface area contributed by atoms with Crippen molar-refractivity contribution in [3.05, 3.63) is 126 Å². The van der Waals surface area contributed by atoms with Crippen LogP contribution in [0.3, 0.4) is 0 Å². The molecule has 4 aromatic carbocycles. The zero-order valence-corrected chi connectivity index (χ0v) is 17.0. The molecule has 0 aromatic heterocycles. The van der Waals surface area contributed by atoms with Crippen LogP contribution >= 0.6 is 7.26 Å². The first-order valence-electron chi connectivity index (χ1n) is 9.69. The molecule has 29 heavy (non-hydrogen) atoms. The molecule has 0 atom stereocenters. The van der Waals surface area contributed by atoms with Crippen molar-refractivity contribution in [2.24, 2.45) is 0 Å². The summed E-state index contributed by atoms with van der Waals surface area (Å²) in [5.74, 6) is -0.877. The van der Waals surface area contributed by atoms with Gasteiger partial charge in [-0.15, -0.1) is 0 Å². The maximum atomic E-state index is 11.9. The van der Waals surface area contributed by atoms with Crippen molar-refractivity contribution in [2.45, 2.75) is 6.16 Å². The molecule has 0 aliphatic rings. The van der Waals surface area contributed by atoms with E-state index < -0.39 is 13.2 Å². The second-order valence-corrected chi connectivity index (χ2v) is 11.0. The molecule has 0 fully saturated rings. The first kappa shape index (κ1) is 19.1. The molecule has 4 aromatic rings. The normalized spacial score (nSPS) is 11.7. The fourth-order valence-electron chi connectivity index (χ4n) is 4.14. The Morgan fingerprint density at radius 1 is 0.586 bits per heavy atom. The Kier molecular flexibility index (Phi) is 5.55. The van der Waals surface area contributed by atoms with Crippen LogP contribution < -0.4 is 15.9 Å². The van der Waals surface area contributed by atoms with Gasteiger partial charge in [0.15, 0.2) is 0 Å². The van der Waals surface area contributed by atoms with E-state index in [0.29, 0.717) is 11.7 Å². The zero-order valence-electron chi connectivity index (χ0n) is 16.0. The van der Waals surface area contributed by atoms with Crippen molar-refractivity contribution in [2.75, 3.05) is 0 Å². The topological polar surface area (TPSA) is 37.3 Å². The van der Waals surface area contributed by atoms with Gasteiger partial charge >= 0.3 is 172 Å². The Labute approximate surface area is 171 Å². The average Bonchev–Trinajstić information content (AvgIpc) is 2.79. The number of hydrogen-bond donors (Lipinski definition) is 1. The molecule has 144 valence electrons. The number of carbonyl (C=O) groups is 1. The van der Waals surface area contributed by atoms with E-state index in [1.54, 1.807) is 12.1 Å². The number of hydrogen-bond acceptors (Lipinski definition) is 1. The summed E-state index contributed by atoms with van der Waals surface area (Å²) in [4.78, 5) is 11.9. The van der Waals surface area contributed by atoms with Gasteiger partial charge in [0.2, 0.25) is 0 Å². The molecule has 0 heterocycles. The zero-order chi connectivity index (χ0) is 20.1. The van der Waals surface area contributed by atoms with Crippen LogP contribution in [0, 0.1) is 0 Å². The molecule has 2 nitrogen and oxygen atoms in total. The summed E-state index contributed by atoms with van der Waals surface area (Å²) in [6.45, 7) is 0. The Hall–Kier alpha value is -3.22. The minimum absolute atomic E-state index is 0.382. The van der Waals surface area contributed by atoms with Crippen LogP contribution in [0.1, 0.15) is 15.9 Å². The van der Waals surface area contributed by atoms with Crippen LogP contribution in [0.5, 0.6) is 0 Å². The van der Waals surface area contributed by atoms with E-state index >= 15 is 0 Å². The van der Waals surface area contributed by atoms with Crippen LogP contribution in [0.25, 0.3) is 0 Å². The third-order valence-corrected chi connectivity index (χ3v) is 10.4. The van der Waals surface area contributed by atoms with Crippen molar-refractivity contribution in [3.63, 3.8) is 0 Å². The molecular weight excluding hydrogens is 375 g/mol. The third-order valence-electron chi connectivity index (χ3n) is 5.50. The second-order valence-electron chi connectivity index (χ2n) is 7.14. The van der Waals surface area contributed by atoms with Gasteiger partial charge in [-0.3, -0.25) is 0 Å². The molecule has 0 aliphatic carbocycles. The van der Waals surface area contributed by atoms with Crippen LogP contribution in [0.4, 0.5) is 0 Å². The second kappa shape index (κ2) is 8.43. The van der Waals surface area contributed by atoms with Gasteiger partial charge in [0.1, 0.15) is 0 Å². The van der Waals surface area contributed by atoms with Gasteiger partial charge in [0.25, 0.3) is 0 Å². The number of carboxylic acid groups (broad SMARTS) is 1. The van der Waals surface area contributed by atoms with Crippen molar-refractivity contribution in [1.82, 2.24) is 0 Å². The Bertz CT molecular complexity index is 996. The van der Waals surface area contributed by atoms with Crippen molar-refractivity contribution >= 4 is 29.1 Å². The number of carboxylic acids is 1. The van der Waals surface area contributed by atoms with Gasteiger partial charge in [-0.2, -0.15) is 0 Å². The molecule has 0 amide bonds. The number of aromatic carboxylic acids is 1. The third kappa shape index (κ3) is 3.72. The fraction of sp³-hybridized carbons (Fsp3) is 0.0385. The van der Waals surface area contributed by atoms with E-state index in [1.165, 1.54) is 15.9 Å². The van der Waals surface area contributed by atoms with Crippen LogP contribution in [-0.2, 0) is 6.16 Å². The van der Waals surface area contributed by atoms with Gasteiger partial charge in [0, 0.05) is 0 Å². The van der Waals surface area contributed by atoms with E-state index in [0.717, 1.165) is 5.56 Å². The van der Waals surface area contributed by atoms with Crippen LogP contribution in [-0.4, -0.2) is 11.1 Å². The molecule has 1 N–H and O–H groups in total.